The highest BCUT2D eigenvalue weighted by Gasteiger charge is 2.08. The standard InChI is InChI=1S/C12H7N3O2S/c13-7-9-4-5-14-15-11(9)18-10-3-1-2-8(6-10)12(16)17/h1-6H,(H,16,17). The number of aromatic nitrogens is 2. The molecule has 0 radical (unpaired) electrons. The van der Waals surface area contributed by atoms with Crippen LogP contribution in [-0.2, 0) is 0 Å². The van der Waals surface area contributed by atoms with E-state index in [0.29, 0.717) is 15.5 Å². The van der Waals surface area contributed by atoms with Gasteiger partial charge in [0.25, 0.3) is 0 Å². The predicted molar refractivity (Wildman–Crippen MR) is 64.3 cm³/mol. The summed E-state index contributed by atoms with van der Waals surface area (Å²) in [7, 11) is 0. The summed E-state index contributed by atoms with van der Waals surface area (Å²) in [6.45, 7) is 0. The molecule has 0 unspecified atom stereocenters. The lowest BCUT2D eigenvalue weighted by Gasteiger charge is -2.02. The molecule has 0 fully saturated rings. The van der Waals surface area contributed by atoms with Gasteiger partial charge in [0.1, 0.15) is 11.1 Å². The van der Waals surface area contributed by atoms with Crippen molar-refractivity contribution >= 4 is 17.7 Å². The van der Waals surface area contributed by atoms with E-state index in [1.54, 1.807) is 18.2 Å². The average molecular weight is 257 g/mol. The summed E-state index contributed by atoms with van der Waals surface area (Å²) in [5.41, 5.74) is 0.609. The van der Waals surface area contributed by atoms with E-state index in [1.807, 2.05) is 6.07 Å². The maximum Gasteiger partial charge on any atom is 0.335 e. The van der Waals surface area contributed by atoms with Gasteiger partial charge in [-0.05, 0) is 24.3 Å². The van der Waals surface area contributed by atoms with E-state index < -0.39 is 5.97 Å². The van der Waals surface area contributed by atoms with E-state index >= 15 is 0 Å². The summed E-state index contributed by atoms with van der Waals surface area (Å²) in [4.78, 5) is 11.5. The Morgan fingerprint density at radius 2 is 2.22 bits per heavy atom. The minimum absolute atomic E-state index is 0.197. The zero-order valence-corrected chi connectivity index (χ0v) is 9.89. The molecule has 88 valence electrons. The quantitative estimate of drug-likeness (QED) is 0.906. The molecule has 6 heteroatoms. The van der Waals surface area contributed by atoms with Crippen LogP contribution in [-0.4, -0.2) is 21.3 Å². The van der Waals surface area contributed by atoms with Crippen LogP contribution < -0.4 is 0 Å². The fourth-order valence-corrected chi connectivity index (χ4v) is 2.15. The molecule has 0 saturated carbocycles. The summed E-state index contributed by atoms with van der Waals surface area (Å²) in [6.07, 6.45) is 1.44. The van der Waals surface area contributed by atoms with Crippen molar-refractivity contribution < 1.29 is 9.90 Å². The van der Waals surface area contributed by atoms with Gasteiger partial charge in [-0.1, -0.05) is 17.8 Å². The topological polar surface area (TPSA) is 86.9 Å². The third-order valence-electron chi connectivity index (χ3n) is 2.10. The number of aromatic carboxylic acids is 1. The Bertz CT molecular complexity index is 637. The van der Waals surface area contributed by atoms with Crippen molar-refractivity contribution in [2.75, 3.05) is 0 Å². The lowest BCUT2D eigenvalue weighted by molar-refractivity contribution is 0.0696. The third-order valence-corrected chi connectivity index (χ3v) is 3.09. The van der Waals surface area contributed by atoms with Crippen molar-refractivity contribution in [1.29, 1.82) is 5.26 Å². The van der Waals surface area contributed by atoms with Crippen LogP contribution in [0.1, 0.15) is 15.9 Å². The van der Waals surface area contributed by atoms with Crippen molar-refractivity contribution in [3.8, 4) is 6.07 Å². The molecule has 0 atom stereocenters. The molecule has 0 bridgehead atoms. The number of carbonyl (C=O) groups is 1. The van der Waals surface area contributed by atoms with E-state index in [0.717, 1.165) is 0 Å². The van der Waals surface area contributed by atoms with Crippen LogP contribution in [0.25, 0.3) is 0 Å². The van der Waals surface area contributed by atoms with E-state index in [2.05, 4.69) is 10.2 Å². The van der Waals surface area contributed by atoms with Gasteiger partial charge in [-0.15, -0.1) is 5.10 Å². The maximum absolute atomic E-state index is 10.8. The largest absolute Gasteiger partial charge is 0.478 e. The van der Waals surface area contributed by atoms with Gasteiger partial charge in [-0.25, -0.2) is 4.79 Å². The molecule has 0 aliphatic heterocycles. The first kappa shape index (κ1) is 12.1. The smallest absolute Gasteiger partial charge is 0.335 e. The number of carboxylic acids is 1. The molecule has 1 heterocycles. The number of carboxylic acid groups (broad SMARTS) is 1. The summed E-state index contributed by atoms with van der Waals surface area (Å²) in [6, 6.07) is 10.0. The lowest BCUT2D eigenvalue weighted by Crippen LogP contribution is -1.95. The summed E-state index contributed by atoms with van der Waals surface area (Å²) < 4.78 is 0. The van der Waals surface area contributed by atoms with E-state index in [-0.39, 0.29) is 5.56 Å². The molecule has 0 aliphatic carbocycles. The van der Waals surface area contributed by atoms with Gasteiger partial charge in [-0.3, -0.25) is 0 Å². The van der Waals surface area contributed by atoms with Gasteiger partial charge in [-0.2, -0.15) is 10.4 Å². The fourth-order valence-electron chi connectivity index (χ4n) is 1.28. The van der Waals surface area contributed by atoms with Crippen LogP contribution in [0.4, 0.5) is 0 Å². The Hall–Kier alpha value is -2.39. The Labute approximate surface area is 107 Å². The van der Waals surface area contributed by atoms with Gasteiger partial charge in [0, 0.05) is 4.90 Å². The minimum atomic E-state index is -0.989. The molecular formula is C12H7N3O2S. The van der Waals surface area contributed by atoms with Crippen LogP contribution in [0.2, 0.25) is 0 Å². The van der Waals surface area contributed by atoms with Crippen LogP contribution >= 0.6 is 11.8 Å². The molecule has 1 aromatic carbocycles. The number of hydrogen-bond acceptors (Lipinski definition) is 5. The molecule has 0 amide bonds. The summed E-state index contributed by atoms with van der Waals surface area (Å²) in [5.74, 6) is -0.989. The summed E-state index contributed by atoms with van der Waals surface area (Å²) in [5, 5.41) is 25.8. The van der Waals surface area contributed by atoms with Crippen molar-refractivity contribution in [3.63, 3.8) is 0 Å². The molecule has 18 heavy (non-hydrogen) atoms. The van der Waals surface area contributed by atoms with Crippen molar-refractivity contribution in [2.45, 2.75) is 9.92 Å². The second-order valence-electron chi connectivity index (χ2n) is 3.30. The highest BCUT2D eigenvalue weighted by molar-refractivity contribution is 7.99. The van der Waals surface area contributed by atoms with E-state index in [1.165, 1.54) is 30.1 Å². The first-order chi connectivity index (χ1) is 8.70. The van der Waals surface area contributed by atoms with E-state index in [9.17, 15) is 4.79 Å². The van der Waals surface area contributed by atoms with Crippen molar-refractivity contribution in [2.24, 2.45) is 0 Å². The van der Waals surface area contributed by atoms with Gasteiger partial charge >= 0.3 is 5.97 Å². The zero-order valence-electron chi connectivity index (χ0n) is 9.07. The molecule has 1 aromatic heterocycles. The van der Waals surface area contributed by atoms with Gasteiger partial charge in [0.2, 0.25) is 0 Å². The second-order valence-corrected chi connectivity index (χ2v) is 4.36. The van der Waals surface area contributed by atoms with Crippen molar-refractivity contribution in [1.82, 2.24) is 10.2 Å². The third kappa shape index (κ3) is 2.64. The minimum Gasteiger partial charge on any atom is -0.478 e. The number of nitrogens with zero attached hydrogens (tertiary/aromatic N) is 3. The number of rotatable bonds is 3. The molecule has 0 saturated heterocycles. The molecular weight excluding hydrogens is 250 g/mol. The Morgan fingerprint density at radius 3 is 2.94 bits per heavy atom. The zero-order chi connectivity index (χ0) is 13.0. The maximum atomic E-state index is 10.8. The lowest BCUT2D eigenvalue weighted by atomic mass is 10.2. The molecule has 2 rings (SSSR count). The highest BCUT2D eigenvalue weighted by Crippen LogP contribution is 2.28. The first-order valence-electron chi connectivity index (χ1n) is 4.93. The number of nitriles is 1. The van der Waals surface area contributed by atoms with Gasteiger partial charge in [0.15, 0.2) is 0 Å². The monoisotopic (exact) mass is 257 g/mol. The molecule has 1 N–H and O–H groups in total. The van der Waals surface area contributed by atoms with Crippen LogP contribution in [0, 0.1) is 11.3 Å². The second kappa shape index (κ2) is 5.29. The molecule has 5 nitrogen and oxygen atoms in total. The van der Waals surface area contributed by atoms with Gasteiger partial charge in [0.05, 0.1) is 17.3 Å². The Kier molecular flexibility index (Phi) is 3.55. The van der Waals surface area contributed by atoms with Gasteiger partial charge < -0.3 is 5.11 Å². The van der Waals surface area contributed by atoms with Crippen molar-refractivity contribution in [3.05, 3.63) is 47.7 Å². The normalized spacial score (nSPS) is 9.72. The van der Waals surface area contributed by atoms with E-state index in [4.69, 9.17) is 10.4 Å². The number of hydrogen-bond donors (Lipinski definition) is 1. The SMILES string of the molecule is N#Cc1ccnnc1Sc1cccc(C(=O)O)c1. The van der Waals surface area contributed by atoms with Crippen LogP contribution in [0.15, 0.2) is 46.5 Å². The first-order valence-corrected chi connectivity index (χ1v) is 5.75. The number of benzene rings is 1. The average Bonchev–Trinajstić information content (AvgIpc) is 2.39. The van der Waals surface area contributed by atoms with Crippen LogP contribution in [0.3, 0.4) is 0 Å². The Morgan fingerprint density at radius 1 is 1.39 bits per heavy atom. The summed E-state index contributed by atoms with van der Waals surface area (Å²) >= 11 is 1.21. The van der Waals surface area contributed by atoms with Crippen LogP contribution in [0.5, 0.6) is 0 Å². The fraction of sp³-hybridized carbons (Fsp3) is 0. The highest BCUT2D eigenvalue weighted by atomic mass is 32.2. The molecule has 0 spiro atoms. The molecule has 2 aromatic rings. The predicted octanol–water partition coefficient (Wildman–Crippen LogP) is 2.20. The Balaban J connectivity index is 2.32. The molecule has 0 aliphatic rings.